The standard InChI is InChI=1S/C27H51BNO3/c1-5-7-8-9-10-11-12-13-17-22-32-25(30)18-15-14-16-20-29-21-19-24(23-29)28-26(31)27(3,4)6-2/h24H,5-23H2,1-4H3. The molecule has 0 saturated carbocycles. The summed E-state index contributed by atoms with van der Waals surface area (Å²) in [6.07, 6.45) is 17.2. The fourth-order valence-electron chi connectivity index (χ4n) is 4.27. The molecule has 0 spiro atoms. The molecule has 1 radical (unpaired) electrons. The maximum Gasteiger partial charge on any atom is 0.305 e. The fourth-order valence-corrected chi connectivity index (χ4v) is 4.27. The van der Waals surface area contributed by atoms with Crippen molar-refractivity contribution in [2.24, 2.45) is 5.41 Å². The Bertz CT molecular complexity index is 509. The van der Waals surface area contributed by atoms with Gasteiger partial charge < -0.3 is 14.4 Å². The van der Waals surface area contributed by atoms with Crippen LogP contribution < -0.4 is 0 Å². The van der Waals surface area contributed by atoms with E-state index in [1.54, 1.807) is 0 Å². The van der Waals surface area contributed by atoms with Crippen molar-refractivity contribution in [2.45, 2.75) is 130 Å². The highest BCUT2D eigenvalue weighted by Gasteiger charge is 2.31. The maximum absolute atomic E-state index is 12.4. The van der Waals surface area contributed by atoms with Gasteiger partial charge in [-0.25, -0.2) is 0 Å². The van der Waals surface area contributed by atoms with E-state index in [1.807, 2.05) is 21.1 Å². The molecule has 1 aliphatic heterocycles. The van der Waals surface area contributed by atoms with Crippen LogP contribution in [0.4, 0.5) is 0 Å². The van der Waals surface area contributed by atoms with E-state index in [0.717, 1.165) is 58.2 Å². The van der Waals surface area contributed by atoms with Crippen molar-refractivity contribution in [1.29, 1.82) is 0 Å². The molecular formula is C27H51BNO3. The first-order chi connectivity index (χ1) is 15.4. The van der Waals surface area contributed by atoms with Gasteiger partial charge >= 0.3 is 5.97 Å². The molecule has 4 nitrogen and oxygen atoms in total. The molecule has 0 N–H and O–H groups in total. The molecule has 1 heterocycles. The molecule has 32 heavy (non-hydrogen) atoms. The number of hydrogen-bond donors (Lipinski definition) is 0. The Labute approximate surface area is 199 Å². The van der Waals surface area contributed by atoms with E-state index in [-0.39, 0.29) is 11.4 Å². The number of nitrogens with zero attached hydrogens (tertiary/aromatic N) is 1. The molecule has 0 bridgehead atoms. The molecule has 5 heteroatoms. The highest BCUT2D eigenvalue weighted by Crippen LogP contribution is 2.27. The lowest BCUT2D eigenvalue weighted by atomic mass is 9.54. The van der Waals surface area contributed by atoms with Crippen molar-refractivity contribution in [1.82, 2.24) is 4.90 Å². The van der Waals surface area contributed by atoms with Gasteiger partial charge in [0, 0.05) is 11.8 Å². The largest absolute Gasteiger partial charge is 0.466 e. The van der Waals surface area contributed by atoms with E-state index >= 15 is 0 Å². The molecule has 0 amide bonds. The Kier molecular flexibility index (Phi) is 16.1. The normalized spacial score (nSPS) is 16.9. The average Bonchev–Trinajstić information content (AvgIpc) is 3.21. The maximum atomic E-state index is 12.4. The Balaban J connectivity index is 1.93. The molecule has 0 aromatic carbocycles. The summed E-state index contributed by atoms with van der Waals surface area (Å²) in [7, 11) is 1.98. The zero-order chi connectivity index (χ0) is 23.7. The predicted molar refractivity (Wildman–Crippen MR) is 136 cm³/mol. The summed E-state index contributed by atoms with van der Waals surface area (Å²) in [6.45, 7) is 12.2. The van der Waals surface area contributed by atoms with Crippen molar-refractivity contribution in [3.63, 3.8) is 0 Å². The van der Waals surface area contributed by atoms with Gasteiger partial charge in [-0.3, -0.25) is 4.79 Å². The summed E-state index contributed by atoms with van der Waals surface area (Å²) in [5.41, 5.74) is 0.0726. The van der Waals surface area contributed by atoms with Crippen molar-refractivity contribution in [3.05, 3.63) is 0 Å². The second-order valence-corrected chi connectivity index (χ2v) is 10.5. The van der Waals surface area contributed by atoms with Gasteiger partial charge in [0.25, 0.3) is 0 Å². The lowest BCUT2D eigenvalue weighted by Crippen LogP contribution is -2.32. The highest BCUT2D eigenvalue weighted by atomic mass is 16.5. The predicted octanol–water partition coefficient (Wildman–Crippen LogP) is 6.78. The first kappa shape index (κ1) is 29.2. The van der Waals surface area contributed by atoms with Crippen LogP contribution in [0.25, 0.3) is 0 Å². The second-order valence-electron chi connectivity index (χ2n) is 10.5. The molecule has 185 valence electrons. The third-order valence-electron chi connectivity index (χ3n) is 7.11. The van der Waals surface area contributed by atoms with Crippen LogP contribution in [-0.2, 0) is 14.3 Å². The third kappa shape index (κ3) is 13.7. The molecular weight excluding hydrogens is 397 g/mol. The van der Waals surface area contributed by atoms with E-state index in [4.69, 9.17) is 4.74 Å². The molecule has 0 aromatic rings. The fraction of sp³-hybridized carbons (Fsp3) is 0.926. The van der Waals surface area contributed by atoms with Crippen LogP contribution in [0.15, 0.2) is 0 Å². The first-order valence-corrected chi connectivity index (χ1v) is 13.7. The van der Waals surface area contributed by atoms with Gasteiger partial charge in [-0.1, -0.05) is 85.5 Å². The lowest BCUT2D eigenvalue weighted by Gasteiger charge is -2.22. The van der Waals surface area contributed by atoms with E-state index < -0.39 is 0 Å². The van der Waals surface area contributed by atoms with Gasteiger partial charge in [-0.15, -0.1) is 0 Å². The van der Waals surface area contributed by atoms with Crippen LogP contribution in [0.2, 0.25) is 5.82 Å². The summed E-state index contributed by atoms with van der Waals surface area (Å²) < 4.78 is 5.38. The Hall–Kier alpha value is -0.835. The number of esters is 1. The molecule has 1 atom stereocenters. The summed E-state index contributed by atoms with van der Waals surface area (Å²) in [5.74, 6) is 0.377. The van der Waals surface area contributed by atoms with Crippen molar-refractivity contribution < 1.29 is 14.3 Å². The molecule has 1 rings (SSSR count). The quantitative estimate of drug-likeness (QED) is 0.117. The van der Waals surface area contributed by atoms with E-state index in [0.29, 0.717) is 24.5 Å². The van der Waals surface area contributed by atoms with Crippen LogP contribution in [0.3, 0.4) is 0 Å². The van der Waals surface area contributed by atoms with E-state index in [2.05, 4.69) is 18.7 Å². The minimum absolute atomic E-state index is 0.0301. The van der Waals surface area contributed by atoms with Crippen LogP contribution >= 0.6 is 0 Å². The zero-order valence-electron chi connectivity index (χ0n) is 21.8. The number of rotatable bonds is 20. The number of hydrogen-bond acceptors (Lipinski definition) is 4. The average molecular weight is 449 g/mol. The lowest BCUT2D eigenvalue weighted by molar-refractivity contribution is -0.143. The summed E-state index contributed by atoms with van der Waals surface area (Å²) in [5, 5.41) is 0. The Morgan fingerprint density at radius 2 is 1.53 bits per heavy atom. The van der Waals surface area contributed by atoms with Gasteiger partial charge in [0.05, 0.1) is 12.3 Å². The third-order valence-corrected chi connectivity index (χ3v) is 7.11. The smallest absolute Gasteiger partial charge is 0.305 e. The van der Waals surface area contributed by atoms with Crippen LogP contribution in [0.5, 0.6) is 0 Å². The van der Waals surface area contributed by atoms with E-state index in [9.17, 15) is 9.59 Å². The van der Waals surface area contributed by atoms with Gasteiger partial charge in [0.15, 0.2) is 0 Å². The SMILES string of the molecule is CCCCCCCCCCCOC(=O)CCCCCN1CCC([B]C(=O)C(C)(C)CC)C1. The Morgan fingerprint density at radius 3 is 2.19 bits per heavy atom. The summed E-state index contributed by atoms with van der Waals surface area (Å²) in [4.78, 5) is 26.7. The van der Waals surface area contributed by atoms with Gasteiger partial charge in [0.1, 0.15) is 0 Å². The zero-order valence-corrected chi connectivity index (χ0v) is 21.8. The van der Waals surface area contributed by atoms with Crippen LogP contribution in [0.1, 0.15) is 124 Å². The molecule has 0 aliphatic carbocycles. The minimum Gasteiger partial charge on any atom is -0.466 e. The number of carbonyl (C=O) groups excluding carboxylic acids is 2. The number of carbonyl (C=O) groups is 2. The van der Waals surface area contributed by atoms with Crippen molar-refractivity contribution >= 4 is 18.9 Å². The van der Waals surface area contributed by atoms with Gasteiger partial charge in [-0.2, -0.15) is 0 Å². The topological polar surface area (TPSA) is 46.6 Å². The Morgan fingerprint density at radius 1 is 0.906 bits per heavy atom. The monoisotopic (exact) mass is 448 g/mol. The molecule has 1 saturated heterocycles. The highest BCUT2D eigenvalue weighted by molar-refractivity contribution is 6.76. The summed E-state index contributed by atoms with van der Waals surface area (Å²) >= 11 is 0. The van der Waals surface area contributed by atoms with Gasteiger partial charge in [-0.05, 0) is 57.6 Å². The van der Waals surface area contributed by atoms with E-state index in [1.165, 1.54) is 51.4 Å². The van der Waals surface area contributed by atoms with Gasteiger partial charge in [0.2, 0.25) is 7.28 Å². The van der Waals surface area contributed by atoms with Crippen molar-refractivity contribution in [2.75, 3.05) is 26.2 Å². The minimum atomic E-state index is -0.226. The molecule has 0 aromatic heterocycles. The number of unbranched alkanes of at least 4 members (excludes halogenated alkanes) is 10. The first-order valence-electron chi connectivity index (χ1n) is 13.7. The van der Waals surface area contributed by atoms with Crippen LogP contribution in [-0.4, -0.2) is 50.1 Å². The molecule has 1 aliphatic rings. The van der Waals surface area contributed by atoms with Crippen LogP contribution in [0, 0.1) is 5.41 Å². The second kappa shape index (κ2) is 17.6. The molecule has 1 fully saturated rings. The number of ether oxygens (including phenoxy) is 1. The van der Waals surface area contributed by atoms with Crippen molar-refractivity contribution in [3.8, 4) is 0 Å². The molecule has 1 unspecified atom stereocenters. The number of likely N-dealkylation sites (tertiary alicyclic amines) is 1. The summed E-state index contributed by atoms with van der Waals surface area (Å²) in [6, 6.07) is 0.